The molecular formula is C17H31B2F3. The summed E-state index contributed by atoms with van der Waals surface area (Å²) >= 11 is 0. The number of alkyl halides is 3. The van der Waals surface area contributed by atoms with Crippen LogP contribution < -0.4 is 0 Å². The first-order chi connectivity index (χ1) is 10.0. The molecule has 22 heavy (non-hydrogen) atoms. The molecule has 0 aliphatic carbocycles. The van der Waals surface area contributed by atoms with E-state index in [1.807, 2.05) is 0 Å². The van der Waals surface area contributed by atoms with Crippen molar-refractivity contribution in [2.75, 3.05) is 0 Å². The molecule has 0 aromatic carbocycles. The molecule has 0 nitrogen and oxygen atoms in total. The second kappa shape index (κ2) is 9.27. The van der Waals surface area contributed by atoms with E-state index in [1.165, 1.54) is 0 Å². The first-order valence-electron chi connectivity index (χ1n) is 8.66. The van der Waals surface area contributed by atoms with Crippen LogP contribution in [0.25, 0.3) is 0 Å². The fourth-order valence-electron chi connectivity index (χ4n) is 2.84. The molecule has 0 N–H and O–H groups in total. The molecule has 0 aliphatic rings. The van der Waals surface area contributed by atoms with Crippen LogP contribution >= 0.6 is 0 Å². The van der Waals surface area contributed by atoms with Crippen molar-refractivity contribution in [2.45, 2.75) is 96.9 Å². The third-order valence-electron chi connectivity index (χ3n) is 5.03. The summed E-state index contributed by atoms with van der Waals surface area (Å²) < 4.78 is 40.1. The van der Waals surface area contributed by atoms with E-state index >= 15 is 0 Å². The smallest absolute Gasteiger partial charge is 0.171 e. The van der Waals surface area contributed by atoms with Gasteiger partial charge in [0.25, 0.3) is 0 Å². The van der Waals surface area contributed by atoms with E-state index in [1.54, 1.807) is 0 Å². The molecule has 0 fully saturated rings. The highest BCUT2D eigenvalue weighted by atomic mass is 19.4. The fourth-order valence-corrected chi connectivity index (χ4v) is 2.84. The van der Waals surface area contributed by atoms with Crippen LogP contribution in [0.1, 0.15) is 85.5 Å². The molecule has 5 heteroatoms. The molecular weight excluding hydrogens is 283 g/mol. The van der Waals surface area contributed by atoms with Crippen LogP contribution in [0.5, 0.6) is 0 Å². The Morgan fingerprint density at radius 1 is 0.773 bits per heavy atom. The van der Waals surface area contributed by atoms with Gasteiger partial charge in [-0.05, 0) is 0 Å². The van der Waals surface area contributed by atoms with Gasteiger partial charge in [-0.1, -0.05) is 96.6 Å². The Hall–Kier alpha value is -0.0801. The van der Waals surface area contributed by atoms with Gasteiger partial charge >= 0.3 is 6.18 Å². The van der Waals surface area contributed by atoms with Crippen LogP contribution in [0.2, 0.25) is 5.21 Å². The Morgan fingerprint density at radius 2 is 1.18 bits per heavy atom. The summed E-state index contributed by atoms with van der Waals surface area (Å²) in [5, 5.41) is -1.73. The van der Waals surface area contributed by atoms with Crippen molar-refractivity contribution >= 4 is 15.7 Å². The summed E-state index contributed by atoms with van der Waals surface area (Å²) in [5.74, 6) is -0.299. The van der Waals surface area contributed by atoms with Crippen molar-refractivity contribution in [1.82, 2.24) is 0 Å². The van der Waals surface area contributed by atoms with Gasteiger partial charge in [-0.3, -0.25) is 0 Å². The lowest BCUT2D eigenvalue weighted by Crippen LogP contribution is -2.48. The summed E-state index contributed by atoms with van der Waals surface area (Å²) in [6.07, 6.45) is 4.02. The predicted octanol–water partition coefficient (Wildman–Crippen LogP) is 6.20. The van der Waals surface area contributed by atoms with Crippen molar-refractivity contribution in [3.63, 3.8) is 0 Å². The number of hydrogen-bond acceptors (Lipinski definition) is 0. The average molecular weight is 314 g/mol. The highest BCUT2D eigenvalue weighted by Crippen LogP contribution is 2.57. The molecule has 1 unspecified atom stereocenters. The van der Waals surface area contributed by atoms with E-state index in [2.05, 4.69) is 13.8 Å². The second-order valence-corrected chi connectivity index (χ2v) is 7.10. The first-order valence-corrected chi connectivity index (χ1v) is 8.66. The maximum Gasteiger partial charge on any atom is 0.393 e. The zero-order valence-corrected chi connectivity index (χ0v) is 14.7. The molecule has 0 saturated heterocycles. The molecule has 0 rings (SSSR count). The molecule has 4 radical (unpaired) electrons. The predicted molar refractivity (Wildman–Crippen MR) is 90.4 cm³/mol. The van der Waals surface area contributed by atoms with Crippen LogP contribution in [-0.4, -0.2) is 21.9 Å². The summed E-state index contributed by atoms with van der Waals surface area (Å²) in [7, 11) is 12.2. The molecule has 0 saturated carbocycles. The van der Waals surface area contributed by atoms with Gasteiger partial charge in [0.15, 0.2) is 0 Å². The lowest BCUT2D eigenvalue weighted by atomic mass is 9.37. The van der Waals surface area contributed by atoms with Gasteiger partial charge in [0, 0.05) is 0 Å². The molecule has 0 aromatic heterocycles. The summed E-state index contributed by atoms with van der Waals surface area (Å²) in [6.45, 7) is 6.45. The van der Waals surface area contributed by atoms with Crippen LogP contribution in [0.15, 0.2) is 0 Å². The van der Waals surface area contributed by atoms with Gasteiger partial charge < -0.3 is 0 Å². The molecule has 126 valence electrons. The molecule has 0 spiro atoms. The lowest BCUT2D eigenvalue weighted by molar-refractivity contribution is -0.222. The SMILES string of the molecule is [B]C([B])(C(CCCCC)CCCCCC)C(C)(C)C(F)(F)F. The van der Waals surface area contributed by atoms with E-state index < -0.39 is 16.8 Å². The minimum atomic E-state index is -4.40. The van der Waals surface area contributed by atoms with E-state index in [9.17, 15) is 13.2 Å². The third-order valence-corrected chi connectivity index (χ3v) is 5.03. The summed E-state index contributed by atoms with van der Waals surface area (Å²) in [6, 6.07) is 0. The highest BCUT2D eigenvalue weighted by molar-refractivity contribution is 6.40. The zero-order valence-electron chi connectivity index (χ0n) is 14.7. The van der Waals surface area contributed by atoms with Gasteiger partial charge in [-0.25, -0.2) is 0 Å². The van der Waals surface area contributed by atoms with Gasteiger partial charge in [-0.15, -0.1) is 0 Å². The van der Waals surface area contributed by atoms with E-state index in [0.29, 0.717) is 12.8 Å². The van der Waals surface area contributed by atoms with Crippen molar-refractivity contribution in [3.8, 4) is 0 Å². The van der Waals surface area contributed by atoms with Crippen molar-refractivity contribution in [3.05, 3.63) is 0 Å². The topological polar surface area (TPSA) is 0 Å². The fraction of sp³-hybridized carbons (Fsp3) is 1.00. The molecule has 0 aliphatic heterocycles. The third kappa shape index (κ3) is 5.85. The maximum atomic E-state index is 13.4. The number of unbranched alkanes of at least 4 members (excludes halogenated alkanes) is 5. The first kappa shape index (κ1) is 21.9. The number of halogens is 3. The zero-order chi connectivity index (χ0) is 17.4. The molecule has 1 atom stereocenters. The Labute approximate surface area is 137 Å². The Bertz CT molecular complexity index is 299. The van der Waals surface area contributed by atoms with Crippen LogP contribution in [0.3, 0.4) is 0 Å². The molecule has 0 amide bonds. The number of hydrogen-bond donors (Lipinski definition) is 0. The minimum Gasteiger partial charge on any atom is -0.171 e. The van der Waals surface area contributed by atoms with Gasteiger partial charge in [0.05, 0.1) is 21.1 Å². The van der Waals surface area contributed by atoms with E-state index in [4.69, 9.17) is 15.7 Å². The Balaban J connectivity index is 5.01. The van der Waals surface area contributed by atoms with E-state index in [-0.39, 0.29) is 5.92 Å². The largest absolute Gasteiger partial charge is 0.393 e. The maximum absolute atomic E-state index is 13.4. The van der Waals surface area contributed by atoms with Gasteiger partial charge in [0.1, 0.15) is 0 Å². The van der Waals surface area contributed by atoms with Gasteiger partial charge in [0.2, 0.25) is 0 Å². The minimum absolute atomic E-state index is 0.299. The summed E-state index contributed by atoms with van der Waals surface area (Å²) in [4.78, 5) is 0. The Kier molecular flexibility index (Phi) is 9.24. The summed E-state index contributed by atoms with van der Waals surface area (Å²) in [5.41, 5.74) is -2.10. The Morgan fingerprint density at radius 3 is 1.59 bits per heavy atom. The highest BCUT2D eigenvalue weighted by Gasteiger charge is 2.57. The van der Waals surface area contributed by atoms with Crippen LogP contribution in [0.4, 0.5) is 13.2 Å². The van der Waals surface area contributed by atoms with Crippen molar-refractivity contribution < 1.29 is 13.2 Å². The van der Waals surface area contributed by atoms with Crippen molar-refractivity contribution in [2.24, 2.45) is 11.3 Å². The van der Waals surface area contributed by atoms with E-state index in [0.717, 1.165) is 58.8 Å². The second-order valence-electron chi connectivity index (χ2n) is 7.10. The van der Waals surface area contributed by atoms with Crippen molar-refractivity contribution in [1.29, 1.82) is 0 Å². The molecule has 0 heterocycles. The lowest BCUT2D eigenvalue weighted by Gasteiger charge is -2.49. The van der Waals surface area contributed by atoms with Gasteiger partial charge in [-0.2, -0.15) is 13.2 Å². The van der Waals surface area contributed by atoms with Crippen LogP contribution in [0, 0.1) is 11.3 Å². The standard InChI is InChI=1S/C17H31B2F3/c1-5-7-9-11-13-14(12-10-8-6-2)16(18,19)15(3,4)17(20,21)22/h14H,5-13H2,1-4H3. The monoisotopic (exact) mass is 314 g/mol. The van der Waals surface area contributed by atoms with Crippen LogP contribution in [-0.2, 0) is 0 Å². The molecule has 0 aromatic rings. The molecule has 0 bridgehead atoms. The number of rotatable bonds is 11. The average Bonchev–Trinajstić information content (AvgIpc) is 2.40. The normalized spacial score (nSPS) is 15.0. The quantitative estimate of drug-likeness (QED) is 0.315.